The fourth-order valence-corrected chi connectivity index (χ4v) is 1.57. The molecule has 0 saturated carbocycles. The normalized spacial score (nSPS) is 10.4. The van der Waals surface area contributed by atoms with Gasteiger partial charge < -0.3 is 10.2 Å². The third kappa shape index (κ3) is 3.42. The smallest absolute Gasteiger partial charge is 0.233 e. The van der Waals surface area contributed by atoms with Crippen LogP contribution in [-0.2, 0) is 0 Å². The van der Waals surface area contributed by atoms with Gasteiger partial charge in [0.25, 0.3) is 0 Å². The molecule has 0 aliphatic carbocycles. The van der Waals surface area contributed by atoms with E-state index in [1.807, 2.05) is 0 Å². The number of aromatic nitrogens is 3. The van der Waals surface area contributed by atoms with Crippen LogP contribution in [0, 0.1) is 5.82 Å². The molecule has 0 atom stereocenters. The monoisotopic (exact) mass is 301 g/mol. The van der Waals surface area contributed by atoms with Crippen LogP contribution in [0.2, 0.25) is 10.3 Å². The summed E-state index contributed by atoms with van der Waals surface area (Å²) < 4.78 is 13.3. The van der Waals surface area contributed by atoms with Crippen molar-refractivity contribution in [1.82, 2.24) is 15.0 Å². The Hall–Kier alpha value is -1.66. The van der Waals surface area contributed by atoms with Gasteiger partial charge in [-0.1, -0.05) is 11.6 Å². The van der Waals surface area contributed by atoms with E-state index in [1.165, 1.54) is 12.1 Å². The first kappa shape index (κ1) is 13.8. The molecule has 2 rings (SSSR count). The second-order valence-electron chi connectivity index (χ2n) is 3.88. The Kier molecular flexibility index (Phi) is 4.01. The largest absolute Gasteiger partial charge is 0.347 e. The van der Waals surface area contributed by atoms with Gasteiger partial charge in [0.15, 0.2) is 0 Å². The van der Waals surface area contributed by atoms with Crippen LogP contribution in [-0.4, -0.2) is 29.0 Å². The van der Waals surface area contributed by atoms with Crippen molar-refractivity contribution in [3.63, 3.8) is 0 Å². The zero-order chi connectivity index (χ0) is 14.0. The highest BCUT2D eigenvalue weighted by Gasteiger charge is 2.08. The van der Waals surface area contributed by atoms with E-state index in [1.54, 1.807) is 25.1 Å². The molecule has 0 radical (unpaired) electrons. The summed E-state index contributed by atoms with van der Waals surface area (Å²) in [4.78, 5) is 13.7. The maximum atomic E-state index is 13.3. The average Bonchev–Trinajstić information content (AvgIpc) is 2.33. The summed E-state index contributed by atoms with van der Waals surface area (Å²) in [6, 6.07) is 4.29. The van der Waals surface area contributed by atoms with Crippen molar-refractivity contribution in [3.05, 3.63) is 34.3 Å². The summed E-state index contributed by atoms with van der Waals surface area (Å²) in [5.41, 5.74) is 0.467. The van der Waals surface area contributed by atoms with Crippen molar-refractivity contribution in [2.24, 2.45) is 0 Å². The van der Waals surface area contributed by atoms with Crippen LogP contribution in [0.3, 0.4) is 0 Å². The van der Waals surface area contributed by atoms with Gasteiger partial charge in [0.2, 0.25) is 17.2 Å². The number of hydrogen-bond donors (Lipinski definition) is 1. The third-order valence-corrected chi connectivity index (χ3v) is 2.65. The van der Waals surface area contributed by atoms with Crippen molar-refractivity contribution in [2.75, 3.05) is 24.3 Å². The molecule has 1 aromatic carbocycles. The molecule has 0 bridgehead atoms. The Labute approximate surface area is 119 Å². The fourth-order valence-electron chi connectivity index (χ4n) is 1.30. The maximum Gasteiger partial charge on any atom is 0.233 e. The summed E-state index contributed by atoms with van der Waals surface area (Å²) in [6.45, 7) is 0. The number of anilines is 3. The summed E-state index contributed by atoms with van der Waals surface area (Å²) in [6.07, 6.45) is 0. The van der Waals surface area contributed by atoms with Gasteiger partial charge in [-0.05, 0) is 29.8 Å². The molecule has 1 heterocycles. The molecule has 1 aromatic heterocycles. The molecule has 0 aliphatic heterocycles. The Morgan fingerprint density at radius 3 is 2.53 bits per heavy atom. The van der Waals surface area contributed by atoms with Crippen molar-refractivity contribution < 1.29 is 4.39 Å². The maximum absolute atomic E-state index is 13.3. The Morgan fingerprint density at radius 1 is 1.16 bits per heavy atom. The van der Waals surface area contributed by atoms with Crippen molar-refractivity contribution >= 4 is 40.8 Å². The molecule has 8 heteroatoms. The highest BCUT2D eigenvalue weighted by Crippen LogP contribution is 2.21. The first-order valence-electron chi connectivity index (χ1n) is 5.26. The molecule has 5 nitrogen and oxygen atoms in total. The Bertz CT molecular complexity index is 606. The number of nitrogens with zero attached hydrogens (tertiary/aromatic N) is 4. The van der Waals surface area contributed by atoms with Gasteiger partial charge in [0.05, 0.1) is 5.02 Å². The standard InChI is InChI=1S/C11H10Cl2FN5/c1-19(2)11-17-9(13)16-10(18-11)15-6-3-4-7(12)8(14)5-6/h3-5H,1-2H3,(H,15,16,17,18). The number of rotatable bonds is 3. The van der Waals surface area contributed by atoms with Crippen LogP contribution < -0.4 is 10.2 Å². The number of halogens is 3. The molecular formula is C11H10Cl2FN5. The summed E-state index contributed by atoms with van der Waals surface area (Å²) in [5, 5.41) is 2.94. The Balaban J connectivity index is 2.29. The van der Waals surface area contributed by atoms with E-state index in [-0.39, 0.29) is 16.3 Å². The van der Waals surface area contributed by atoms with Crippen LogP contribution in [0.15, 0.2) is 18.2 Å². The van der Waals surface area contributed by atoms with Crippen LogP contribution in [0.4, 0.5) is 22.0 Å². The van der Waals surface area contributed by atoms with E-state index < -0.39 is 5.82 Å². The molecule has 100 valence electrons. The summed E-state index contributed by atoms with van der Waals surface area (Å²) in [7, 11) is 3.55. The first-order chi connectivity index (χ1) is 8.95. The molecule has 0 fully saturated rings. The molecule has 0 unspecified atom stereocenters. The van der Waals surface area contributed by atoms with Gasteiger partial charge in [-0.15, -0.1) is 0 Å². The van der Waals surface area contributed by atoms with E-state index in [9.17, 15) is 4.39 Å². The van der Waals surface area contributed by atoms with Gasteiger partial charge in [0, 0.05) is 19.8 Å². The van der Waals surface area contributed by atoms with Gasteiger partial charge in [-0.3, -0.25) is 0 Å². The topological polar surface area (TPSA) is 53.9 Å². The minimum Gasteiger partial charge on any atom is -0.347 e. The average molecular weight is 302 g/mol. The predicted molar refractivity (Wildman–Crippen MR) is 73.9 cm³/mol. The zero-order valence-corrected chi connectivity index (χ0v) is 11.7. The van der Waals surface area contributed by atoms with Gasteiger partial charge >= 0.3 is 0 Å². The molecule has 19 heavy (non-hydrogen) atoms. The van der Waals surface area contributed by atoms with E-state index >= 15 is 0 Å². The van der Waals surface area contributed by atoms with Gasteiger partial charge in [-0.25, -0.2) is 4.39 Å². The molecule has 0 saturated heterocycles. The lowest BCUT2D eigenvalue weighted by Gasteiger charge is -2.12. The first-order valence-corrected chi connectivity index (χ1v) is 6.02. The van der Waals surface area contributed by atoms with E-state index in [2.05, 4.69) is 20.3 Å². The number of nitrogens with one attached hydrogen (secondary N) is 1. The SMILES string of the molecule is CN(C)c1nc(Cl)nc(Nc2ccc(Cl)c(F)c2)n1. The molecule has 0 aliphatic rings. The second kappa shape index (κ2) is 5.54. The molecule has 2 aromatic rings. The van der Waals surface area contributed by atoms with Crippen molar-refractivity contribution in [3.8, 4) is 0 Å². The van der Waals surface area contributed by atoms with Crippen molar-refractivity contribution in [1.29, 1.82) is 0 Å². The fraction of sp³-hybridized carbons (Fsp3) is 0.182. The summed E-state index contributed by atoms with van der Waals surface area (Å²) in [5.74, 6) is 0.0991. The predicted octanol–water partition coefficient (Wildman–Crippen LogP) is 3.13. The summed E-state index contributed by atoms with van der Waals surface area (Å²) >= 11 is 11.4. The van der Waals surface area contributed by atoms with E-state index in [0.29, 0.717) is 11.6 Å². The lowest BCUT2D eigenvalue weighted by molar-refractivity contribution is 0.629. The van der Waals surface area contributed by atoms with Crippen LogP contribution in [0.25, 0.3) is 0 Å². The quantitative estimate of drug-likeness (QED) is 0.944. The Morgan fingerprint density at radius 2 is 1.89 bits per heavy atom. The number of benzene rings is 1. The van der Waals surface area contributed by atoms with Crippen molar-refractivity contribution in [2.45, 2.75) is 0 Å². The van der Waals surface area contributed by atoms with Crippen LogP contribution in [0.5, 0.6) is 0 Å². The highest BCUT2D eigenvalue weighted by molar-refractivity contribution is 6.30. The lowest BCUT2D eigenvalue weighted by Crippen LogP contribution is -2.14. The minimum absolute atomic E-state index is 0.0493. The van der Waals surface area contributed by atoms with Gasteiger partial charge in [0.1, 0.15) is 5.82 Å². The zero-order valence-electron chi connectivity index (χ0n) is 10.2. The van der Waals surface area contributed by atoms with E-state index in [0.717, 1.165) is 0 Å². The molecule has 0 spiro atoms. The molecular weight excluding hydrogens is 292 g/mol. The third-order valence-electron chi connectivity index (χ3n) is 2.17. The van der Waals surface area contributed by atoms with Crippen LogP contribution >= 0.6 is 23.2 Å². The van der Waals surface area contributed by atoms with E-state index in [4.69, 9.17) is 23.2 Å². The van der Waals surface area contributed by atoms with Crippen LogP contribution in [0.1, 0.15) is 0 Å². The number of hydrogen-bond acceptors (Lipinski definition) is 5. The second-order valence-corrected chi connectivity index (χ2v) is 4.62. The van der Waals surface area contributed by atoms with Gasteiger partial charge in [-0.2, -0.15) is 15.0 Å². The molecule has 1 N–H and O–H groups in total. The minimum atomic E-state index is -0.528. The molecule has 0 amide bonds. The highest BCUT2D eigenvalue weighted by atomic mass is 35.5. The lowest BCUT2D eigenvalue weighted by atomic mass is 10.3.